The number of aromatic nitrogens is 4. The summed E-state index contributed by atoms with van der Waals surface area (Å²) < 4.78 is 13.8. The maximum Gasteiger partial charge on any atom is 0.193 e. The van der Waals surface area contributed by atoms with Gasteiger partial charge in [0, 0.05) is 0 Å². The van der Waals surface area contributed by atoms with Gasteiger partial charge in [0.25, 0.3) is 0 Å². The topological polar surface area (TPSA) is 43.6 Å². The van der Waals surface area contributed by atoms with Crippen LogP contribution in [0, 0.1) is 0 Å². The zero-order valence-electron chi connectivity index (χ0n) is 6.11. The van der Waals surface area contributed by atoms with Gasteiger partial charge < -0.3 is 0 Å². The van der Waals surface area contributed by atoms with E-state index in [0.717, 1.165) is 4.57 Å². The second kappa shape index (κ2) is 2.37. The van der Waals surface area contributed by atoms with Crippen LogP contribution in [0.25, 0.3) is 17.1 Å². The zero-order chi connectivity index (χ0) is 8.55. The van der Waals surface area contributed by atoms with Gasteiger partial charge in [0.1, 0.15) is 18.2 Å². The van der Waals surface area contributed by atoms with Crippen LogP contribution in [0.2, 0.25) is 0 Å². The Hall–Kier alpha value is -1.78. The second-order valence-corrected chi connectivity index (χ2v) is 2.22. The summed E-state index contributed by atoms with van der Waals surface area (Å²) in [6.07, 6.45) is 4.17. The summed E-state index contributed by atoms with van der Waals surface area (Å²) in [6, 6.07) is 0. The highest BCUT2D eigenvalue weighted by molar-refractivity contribution is 5.72. The van der Waals surface area contributed by atoms with E-state index in [2.05, 4.69) is 21.5 Å². The summed E-state index contributed by atoms with van der Waals surface area (Å²) in [7, 11) is 0. The first-order valence-corrected chi connectivity index (χ1v) is 3.27. The maximum absolute atomic E-state index is 12.7. The molecular formula is C7H5FN4. The van der Waals surface area contributed by atoms with E-state index >= 15 is 0 Å². The average molecular weight is 164 g/mol. The number of nitrogens with zero attached hydrogens (tertiary/aromatic N) is 4. The standard InChI is InChI=1S/C7H5FN4/c1-5(8)12-4-11-6-2-9-3-10-7(6)12/h2-4H,1H2. The highest BCUT2D eigenvalue weighted by atomic mass is 19.1. The van der Waals surface area contributed by atoms with Crippen LogP contribution in [-0.4, -0.2) is 19.5 Å². The monoisotopic (exact) mass is 164 g/mol. The van der Waals surface area contributed by atoms with Crippen LogP contribution >= 0.6 is 0 Å². The van der Waals surface area contributed by atoms with E-state index in [9.17, 15) is 4.39 Å². The summed E-state index contributed by atoms with van der Waals surface area (Å²) in [5.74, 6) is -0.601. The normalized spacial score (nSPS) is 10.4. The SMILES string of the molecule is C=C(F)n1cnc2cncnc21. The van der Waals surface area contributed by atoms with Crippen LogP contribution in [0.1, 0.15) is 0 Å². The van der Waals surface area contributed by atoms with Gasteiger partial charge in [-0.15, -0.1) is 0 Å². The van der Waals surface area contributed by atoms with Gasteiger partial charge in [-0.3, -0.25) is 4.57 Å². The quantitative estimate of drug-likeness (QED) is 0.636. The fraction of sp³-hybridized carbons (Fsp3) is 0. The van der Waals surface area contributed by atoms with Gasteiger partial charge in [0.15, 0.2) is 11.6 Å². The Morgan fingerprint density at radius 1 is 1.50 bits per heavy atom. The molecule has 0 aromatic carbocycles. The summed E-state index contributed by atoms with van der Waals surface area (Å²) in [5.41, 5.74) is 0.980. The lowest BCUT2D eigenvalue weighted by atomic mass is 10.5. The summed E-state index contributed by atoms with van der Waals surface area (Å²) in [5, 5.41) is 0. The number of halogens is 1. The summed E-state index contributed by atoms with van der Waals surface area (Å²) in [6.45, 7) is 3.14. The molecule has 0 radical (unpaired) electrons. The second-order valence-electron chi connectivity index (χ2n) is 2.22. The number of imidazole rings is 1. The van der Waals surface area contributed by atoms with Gasteiger partial charge in [-0.05, 0) is 6.58 Å². The fourth-order valence-electron chi connectivity index (χ4n) is 0.945. The van der Waals surface area contributed by atoms with Crippen molar-refractivity contribution >= 4 is 17.1 Å². The molecule has 60 valence electrons. The number of hydrogen-bond donors (Lipinski definition) is 0. The lowest BCUT2D eigenvalue weighted by molar-refractivity contribution is 0.696. The first kappa shape index (κ1) is 6.90. The van der Waals surface area contributed by atoms with Crippen LogP contribution < -0.4 is 0 Å². The Morgan fingerprint density at radius 2 is 2.33 bits per heavy atom. The number of rotatable bonds is 1. The lowest BCUT2D eigenvalue weighted by Crippen LogP contribution is -1.90. The van der Waals surface area contributed by atoms with Crippen LogP contribution in [0.15, 0.2) is 25.4 Å². The van der Waals surface area contributed by atoms with E-state index in [0.29, 0.717) is 11.2 Å². The molecule has 0 bridgehead atoms. The smallest absolute Gasteiger partial charge is 0.193 e. The van der Waals surface area contributed by atoms with Crippen LogP contribution in [0.4, 0.5) is 4.39 Å². The van der Waals surface area contributed by atoms with Gasteiger partial charge in [-0.1, -0.05) is 0 Å². The Kier molecular flexibility index (Phi) is 1.36. The van der Waals surface area contributed by atoms with Crippen molar-refractivity contribution in [3.05, 3.63) is 25.4 Å². The molecule has 2 aromatic heterocycles. The predicted molar refractivity (Wildman–Crippen MR) is 41.8 cm³/mol. The average Bonchev–Trinajstić information content (AvgIpc) is 2.47. The van der Waals surface area contributed by atoms with Gasteiger partial charge in [0.2, 0.25) is 0 Å². The molecule has 2 aromatic rings. The minimum Gasteiger partial charge on any atom is -0.259 e. The molecule has 2 heterocycles. The molecule has 0 aliphatic rings. The van der Waals surface area contributed by atoms with Crippen LogP contribution in [0.3, 0.4) is 0 Å². The van der Waals surface area contributed by atoms with E-state index < -0.39 is 5.95 Å². The lowest BCUT2D eigenvalue weighted by Gasteiger charge is -1.94. The Balaban J connectivity index is 2.79. The van der Waals surface area contributed by atoms with Crippen molar-refractivity contribution in [3.63, 3.8) is 0 Å². The van der Waals surface area contributed by atoms with Crippen molar-refractivity contribution in [3.8, 4) is 0 Å². The van der Waals surface area contributed by atoms with Crippen molar-refractivity contribution < 1.29 is 4.39 Å². The molecule has 0 aliphatic heterocycles. The molecular weight excluding hydrogens is 159 g/mol. The molecule has 5 heteroatoms. The Morgan fingerprint density at radius 3 is 3.08 bits per heavy atom. The third-order valence-electron chi connectivity index (χ3n) is 1.47. The minimum absolute atomic E-state index is 0.428. The van der Waals surface area contributed by atoms with Gasteiger partial charge in [0.05, 0.1) is 6.20 Å². The van der Waals surface area contributed by atoms with E-state index in [-0.39, 0.29) is 0 Å². The van der Waals surface area contributed by atoms with Crippen molar-refractivity contribution in [2.45, 2.75) is 0 Å². The van der Waals surface area contributed by atoms with Crippen molar-refractivity contribution in [1.29, 1.82) is 0 Å². The molecule has 0 amide bonds. The first-order valence-electron chi connectivity index (χ1n) is 3.27. The van der Waals surface area contributed by atoms with E-state index in [1.54, 1.807) is 0 Å². The third kappa shape index (κ3) is 0.868. The molecule has 0 spiro atoms. The van der Waals surface area contributed by atoms with Crippen molar-refractivity contribution in [1.82, 2.24) is 19.5 Å². The van der Waals surface area contributed by atoms with Crippen molar-refractivity contribution in [2.75, 3.05) is 0 Å². The minimum atomic E-state index is -0.601. The zero-order valence-corrected chi connectivity index (χ0v) is 6.11. The molecule has 0 atom stereocenters. The predicted octanol–water partition coefficient (Wildman–Crippen LogP) is 1.22. The fourth-order valence-corrected chi connectivity index (χ4v) is 0.945. The van der Waals surface area contributed by atoms with Gasteiger partial charge in [-0.2, -0.15) is 4.39 Å². The molecule has 0 unspecified atom stereocenters. The molecule has 0 aliphatic carbocycles. The summed E-state index contributed by atoms with van der Waals surface area (Å²) >= 11 is 0. The third-order valence-corrected chi connectivity index (χ3v) is 1.47. The van der Waals surface area contributed by atoms with Crippen LogP contribution in [-0.2, 0) is 0 Å². The highest BCUT2D eigenvalue weighted by Gasteiger charge is 2.04. The Labute approximate surface area is 67.4 Å². The largest absolute Gasteiger partial charge is 0.259 e. The van der Waals surface area contributed by atoms with E-state index in [4.69, 9.17) is 0 Å². The van der Waals surface area contributed by atoms with Gasteiger partial charge >= 0.3 is 0 Å². The molecule has 4 nitrogen and oxygen atoms in total. The summed E-state index contributed by atoms with van der Waals surface area (Å²) in [4.78, 5) is 11.5. The number of hydrogen-bond acceptors (Lipinski definition) is 3. The first-order chi connectivity index (χ1) is 5.79. The molecule has 2 rings (SSSR count). The molecule has 0 N–H and O–H groups in total. The highest BCUT2D eigenvalue weighted by Crippen LogP contribution is 2.12. The van der Waals surface area contributed by atoms with Crippen LogP contribution in [0.5, 0.6) is 0 Å². The van der Waals surface area contributed by atoms with E-state index in [1.807, 2.05) is 0 Å². The van der Waals surface area contributed by atoms with E-state index in [1.165, 1.54) is 18.9 Å². The number of fused-ring (bicyclic) bond motifs is 1. The maximum atomic E-state index is 12.7. The molecule has 0 fully saturated rings. The van der Waals surface area contributed by atoms with Gasteiger partial charge in [-0.25, -0.2) is 15.0 Å². The molecule has 12 heavy (non-hydrogen) atoms. The molecule has 0 saturated heterocycles. The molecule has 0 saturated carbocycles. The Bertz CT molecular complexity index is 434. The van der Waals surface area contributed by atoms with Crippen molar-refractivity contribution in [2.24, 2.45) is 0 Å².